The van der Waals surface area contributed by atoms with Gasteiger partial charge in [0.25, 0.3) is 0 Å². The van der Waals surface area contributed by atoms with Gasteiger partial charge in [0, 0.05) is 31.4 Å². The van der Waals surface area contributed by atoms with Crippen molar-refractivity contribution < 1.29 is 19.4 Å². The van der Waals surface area contributed by atoms with E-state index in [9.17, 15) is 9.90 Å². The number of hydrogen-bond acceptors (Lipinski definition) is 7. The van der Waals surface area contributed by atoms with Gasteiger partial charge >= 0.3 is 0 Å². The van der Waals surface area contributed by atoms with Crippen molar-refractivity contribution in [1.82, 2.24) is 19.9 Å². The Kier molecular flexibility index (Phi) is 5.48. The number of aliphatic hydroxyl groups is 1. The Hall–Kier alpha value is -3.10. The second-order valence-electron chi connectivity index (χ2n) is 8.47. The van der Waals surface area contributed by atoms with Gasteiger partial charge in [0.1, 0.15) is 12.7 Å². The fourth-order valence-electron chi connectivity index (χ4n) is 4.22. The second-order valence-corrected chi connectivity index (χ2v) is 8.47. The lowest BCUT2D eigenvalue weighted by Crippen LogP contribution is -2.46. The van der Waals surface area contributed by atoms with Crippen molar-refractivity contribution in [2.45, 2.75) is 37.9 Å². The molecule has 3 heterocycles. The van der Waals surface area contributed by atoms with E-state index >= 15 is 0 Å². The summed E-state index contributed by atoms with van der Waals surface area (Å²) in [5.74, 6) is 0.417. The summed E-state index contributed by atoms with van der Waals surface area (Å²) in [6.07, 6.45) is 5.68. The molecular formula is C24H26N4O4. The first-order valence-corrected chi connectivity index (χ1v) is 11.0. The summed E-state index contributed by atoms with van der Waals surface area (Å²) in [6.45, 7) is 3.40. The fourth-order valence-corrected chi connectivity index (χ4v) is 4.22. The number of carbonyl (C=O) groups excluding carboxylic acids is 1. The molecule has 166 valence electrons. The highest BCUT2D eigenvalue weighted by Gasteiger charge is 2.36. The third-order valence-electron chi connectivity index (χ3n) is 6.31. The van der Waals surface area contributed by atoms with Crippen molar-refractivity contribution in [2.75, 3.05) is 26.3 Å². The maximum Gasteiger partial charge on any atom is 0.242 e. The second kappa shape index (κ2) is 8.44. The number of amides is 1. The molecule has 2 aromatic heterocycles. The minimum atomic E-state index is -0.692. The Morgan fingerprint density at radius 2 is 2.03 bits per heavy atom. The molecule has 1 saturated carbocycles. The molecule has 0 radical (unpaired) electrons. The van der Waals surface area contributed by atoms with Crippen molar-refractivity contribution in [3.63, 3.8) is 0 Å². The molecule has 0 unspecified atom stereocenters. The molecule has 1 aliphatic carbocycles. The molecule has 8 heteroatoms. The van der Waals surface area contributed by atoms with Crippen molar-refractivity contribution >= 4 is 16.9 Å². The minimum absolute atomic E-state index is 0.0322. The molecule has 1 aliphatic heterocycles. The number of pyridine rings is 1. The quantitative estimate of drug-likeness (QED) is 0.659. The molecule has 1 atom stereocenters. The van der Waals surface area contributed by atoms with E-state index in [0.29, 0.717) is 36.6 Å². The van der Waals surface area contributed by atoms with Crippen LogP contribution in [-0.4, -0.2) is 63.3 Å². The van der Waals surface area contributed by atoms with Crippen LogP contribution in [0.2, 0.25) is 0 Å². The van der Waals surface area contributed by atoms with Crippen LogP contribution in [0.4, 0.5) is 0 Å². The maximum atomic E-state index is 11.7. The van der Waals surface area contributed by atoms with E-state index in [1.54, 1.807) is 24.2 Å². The maximum absolute atomic E-state index is 11.7. The fraction of sp³-hybridized carbons (Fsp3) is 0.417. The highest BCUT2D eigenvalue weighted by molar-refractivity contribution is 5.83. The van der Waals surface area contributed by atoms with E-state index in [1.165, 1.54) is 0 Å². The topological polar surface area (TPSA) is 97.7 Å². The van der Waals surface area contributed by atoms with Crippen molar-refractivity contribution in [2.24, 2.45) is 0 Å². The molecule has 8 nitrogen and oxygen atoms in total. The SMILES string of the molecule is CC(=O)N1CCO[C@H](COc2nc(-c3ccc(C4(O)CCC4)cc3)cc3nccnc23)C1. The summed E-state index contributed by atoms with van der Waals surface area (Å²) in [5.41, 5.74) is 3.14. The molecule has 1 amide bonds. The normalized spacial score (nSPS) is 20.1. The van der Waals surface area contributed by atoms with E-state index in [0.717, 1.165) is 36.1 Å². The summed E-state index contributed by atoms with van der Waals surface area (Å²) >= 11 is 0. The highest BCUT2D eigenvalue weighted by atomic mass is 16.5. The Morgan fingerprint density at radius 1 is 1.25 bits per heavy atom. The molecule has 1 aromatic carbocycles. The number of hydrogen-bond donors (Lipinski definition) is 1. The number of fused-ring (bicyclic) bond motifs is 1. The number of benzene rings is 1. The molecule has 2 fully saturated rings. The van der Waals surface area contributed by atoms with Crippen LogP contribution < -0.4 is 4.74 Å². The van der Waals surface area contributed by atoms with Crippen LogP contribution in [0, 0.1) is 0 Å². The van der Waals surface area contributed by atoms with Crippen molar-refractivity contribution in [3.8, 4) is 17.1 Å². The van der Waals surface area contributed by atoms with E-state index < -0.39 is 5.60 Å². The summed E-state index contributed by atoms with van der Waals surface area (Å²) in [7, 11) is 0. The van der Waals surface area contributed by atoms with Crippen LogP contribution in [0.1, 0.15) is 31.7 Å². The third-order valence-corrected chi connectivity index (χ3v) is 6.31. The lowest BCUT2D eigenvalue weighted by molar-refractivity contribution is -0.137. The zero-order valence-corrected chi connectivity index (χ0v) is 18.0. The van der Waals surface area contributed by atoms with Gasteiger partial charge in [-0.15, -0.1) is 0 Å². The van der Waals surface area contributed by atoms with Gasteiger partial charge in [-0.2, -0.15) is 0 Å². The van der Waals surface area contributed by atoms with E-state index in [1.807, 2.05) is 30.3 Å². The van der Waals surface area contributed by atoms with Gasteiger partial charge in [-0.25, -0.2) is 9.97 Å². The lowest BCUT2D eigenvalue weighted by Gasteiger charge is -2.37. The predicted molar refractivity (Wildman–Crippen MR) is 118 cm³/mol. The van der Waals surface area contributed by atoms with Gasteiger partial charge in [0.15, 0.2) is 5.52 Å². The average Bonchev–Trinajstić information content (AvgIpc) is 2.81. The van der Waals surface area contributed by atoms with Crippen LogP contribution in [0.25, 0.3) is 22.3 Å². The zero-order valence-electron chi connectivity index (χ0n) is 18.0. The molecule has 32 heavy (non-hydrogen) atoms. The molecular weight excluding hydrogens is 408 g/mol. The van der Waals surface area contributed by atoms with Crippen LogP contribution in [0.3, 0.4) is 0 Å². The van der Waals surface area contributed by atoms with E-state index in [4.69, 9.17) is 14.5 Å². The van der Waals surface area contributed by atoms with Crippen molar-refractivity contribution in [1.29, 1.82) is 0 Å². The van der Waals surface area contributed by atoms with Crippen LogP contribution in [0.15, 0.2) is 42.7 Å². The first kappa shape index (κ1) is 20.8. The number of aromatic nitrogens is 3. The number of carbonyl (C=O) groups is 1. The highest BCUT2D eigenvalue weighted by Crippen LogP contribution is 2.41. The number of rotatable bonds is 5. The molecule has 1 saturated heterocycles. The van der Waals surface area contributed by atoms with Crippen molar-refractivity contribution in [3.05, 3.63) is 48.3 Å². The van der Waals surface area contributed by atoms with Gasteiger partial charge < -0.3 is 19.5 Å². The molecule has 1 N–H and O–H groups in total. The first-order chi connectivity index (χ1) is 15.5. The van der Waals surface area contributed by atoms with Gasteiger partial charge in [-0.1, -0.05) is 24.3 Å². The number of nitrogens with zero attached hydrogens (tertiary/aromatic N) is 4. The molecule has 2 aliphatic rings. The number of ether oxygens (including phenoxy) is 2. The smallest absolute Gasteiger partial charge is 0.242 e. The Bertz CT molecular complexity index is 1130. The zero-order chi connectivity index (χ0) is 22.1. The molecule has 5 rings (SSSR count). The summed E-state index contributed by atoms with van der Waals surface area (Å²) in [5, 5.41) is 10.6. The lowest BCUT2D eigenvalue weighted by atomic mass is 9.75. The van der Waals surface area contributed by atoms with E-state index in [-0.39, 0.29) is 18.6 Å². The van der Waals surface area contributed by atoms with Gasteiger partial charge in [0.05, 0.1) is 30.0 Å². The van der Waals surface area contributed by atoms with Gasteiger partial charge in [-0.05, 0) is 30.9 Å². The van der Waals surface area contributed by atoms with Crippen LogP contribution >= 0.6 is 0 Å². The third kappa shape index (κ3) is 4.03. The summed E-state index contributed by atoms with van der Waals surface area (Å²) in [4.78, 5) is 27.0. The first-order valence-electron chi connectivity index (χ1n) is 11.0. The van der Waals surface area contributed by atoms with Gasteiger partial charge in [-0.3, -0.25) is 9.78 Å². The van der Waals surface area contributed by atoms with E-state index in [2.05, 4.69) is 9.97 Å². The average molecular weight is 434 g/mol. The van der Waals surface area contributed by atoms with Crippen LogP contribution in [0.5, 0.6) is 5.88 Å². The summed E-state index contributed by atoms with van der Waals surface area (Å²) in [6, 6.07) is 9.74. The Balaban J connectivity index is 1.40. The Morgan fingerprint density at radius 3 is 2.75 bits per heavy atom. The number of morpholine rings is 1. The Labute approximate surface area is 186 Å². The standard InChI is InChI=1S/C24H26N4O4/c1-16(29)28-11-12-31-19(14-28)15-32-23-22-21(25-9-10-26-22)13-20(27-23)17-3-5-18(6-4-17)24(30)7-2-8-24/h3-6,9-10,13,19,30H,2,7-8,11-12,14-15H2,1H3/t19-/m0/s1. The molecule has 0 spiro atoms. The van der Waals surface area contributed by atoms with Crippen LogP contribution in [-0.2, 0) is 15.1 Å². The van der Waals surface area contributed by atoms with Gasteiger partial charge in [0.2, 0.25) is 11.8 Å². The monoisotopic (exact) mass is 434 g/mol. The summed E-state index contributed by atoms with van der Waals surface area (Å²) < 4.78 is 11.8. The molecule has 0 bridgehead atoms. The minimum Gasteiger partial charge on any atom is -0.473 e. The predicted octanol–water partition coefficient (Wildman–Crippen LogP) is 2.69. The molecule has 3 aromatic rings. The largest absolute Gasteiger partial charge is 0.473 e.